The molecule has 4 aromatic rings. The first kappa shape index (κ1) is 21.9. The second-order valence-electron chi connectivity index (χ2n) is 6.63. The maximum absolute atomic E-state index is 12.8. The van der Waals surface area contributed by atoms with Crippen LogP contribution in [0, 0.1) is 11.3 Å². The molecule has 0 aliphatic carbocycles. The van der Waals surface area contributed by atoms with E-state index in [9.17, 15) is 18.0 Å². The molecule has 2 amide bonds. The van der Waals surface area contributed by atoms with Crippen LogP contribution >= 0.6 is 11.6 Å². The summed E-state index contributed by atoms with van der Waals surface area (Å²) >= 11 is 6.22. The molecule has 2 aromatic carbocycles. The van der Waals surface area contributed by atoms with Crippen molar-refractivity contribution >= 4 is 40.0 Å². The summed E-state index contributed by atoms with van der Waals surface area (Å²) in [6, 6.07) is 12.9. The predicted molar refractivity (Wildman–Crippen MR) is 114 cm³/mol. The molecule has 0 aliphatic heterocycles. The first-order valence-electron chi connectivity index (χ1n) is 9.20. The molecule has 12 heteroatoms. The molecule has 0 saturated heterocycles. The van der Waals surface area contributed by atoms with Crippen molar-refractivity contribution in [3.8, 4) is 17.6 Å². The third-order valence-electron chi connectivity index (χ3n) is 4.27. The van der Waals surface area contributed by atoms with Crippen molar-refractivity contribution in [3.05, 3.63) is 71.3 Å². The van der Waals surface area contributed by atoms with Gasteiger partial charge >= 0.3 is 12.2 Å². The fourth-order valence-electron chi connectivity index (χ4n) is 2.84. The Labute approximate surface area is 189 Å². The highest BCUT2D eigenvalue weighted by molar-refractivity contribution is 6.32. The minimum atomic E-state index is -4.60. The second kappa shape index (κ2) is 8.68. The second-order valence-corrected chi connectivity index (χ2v) is 7.04. The Kier molecular flexibility index (Phi) is 5.76. The molecule has 0 atom stereocenters. The van der Waals surface area contributed by atoms with Crippen molar-refractivity contribution < 1.29 is 22.7 Å². The smallest absolute Gasteiger partial charge is 0.449 e. The molecule has 0 radical (unpaired) electrons. The van der Waals surface area contributed by atoms with Crippen molar-refractivity contribution in [1.82, 2.24) is 15.0 Å². The average molecular weight is 473 g/mol. The number of fused-ring (bicyclic) bond motifs is 1. The average Bonchev–Trinajstić information content (AvgIpc) is 3.20. The Balaban J connectivity index is 1.43. The zero-order valence-electron chi connectivity index (χ0n) is 16.4. The number of rotatable bonds is 4. The van der Waals surface area contributed by atoms with Gasteiger partial charge in [0, 0.05) is 23.6 Å². The lowest BCUT2D eigenvalue weighted by molar-refractivity contribution is -0.144. The van der Waals surface area contributed by atoms with Crippen LogP contribution < -0.4 is 15.4 Å². The van der Waals surface area contributed by atoms with Gasteiger partial charge in [0.15, 0.2) is 0 Å². The van der Waals surface area contributed by atoms with Crippen LogP contribution in [0.1, 0.15) is 11.5 Å². The summed E-state index contributed by atoms with van der Waals surface area (Å²) in [4.78, 5) is 21.8. The van der Waals surface area contributed by atoms with E-state index in [1.54, 1.807) is 12.1 Å². The lowest BCUT2D eigenvalue weighted by atomic mass is 10.2. The molecule has 8 nitrogen and oxygen atoms in total. The van der Waals surface area contributed by atoms with E-state index in [0.717, 1.165) is 0 Å². The van der Waals surface area contributed by atoms with Crippen LogP contribution in [0.2, 0.25) is 5.02 Å². The highest BCUT2D eigenvalue weighted by Gasteiger charge is 2.34. The Hall–Kier alpha value is -4.30. The van der Waals surface area contributed by atoms with Gasteiger partial charge in [-0.3, -0.25) is 0 Å². The van der Waals surface area contributed by atoms with Crippen LogP contribution in [0.3, 0.4) is 0 Å². The number of amides is 2. The van der Waals surface area contributed by atoms with Crippen molar-refractivity contribution in [1.29, 1.82) is 5.26 Å². The van der Waals surface area contributed by atoms with E-state index in [1.165, 1.54) is 42.6 Å². The number of hydrogen-bond donors (Lipinski definition) is 3. The van der Waals surface area contributed by atoms with Gasteiger partial charge in [-0.2, -0.15) is 18.4 Å². The molecule has 2 heterocycles. The van der Waals surface area contributed by atoms with Gasteiger partial charge in [0.2, 0.25) is 5.82 Å². The Morgan fingerprint density at radius 1 is 1.09 bits per heavy atom. The van der Waals surface area contributed by atoms with Gasteiger partial charge < -0.3 is 20.4 Å². The number of aromatic nitrogens is 3. The maximum atomic E-state index is 12.8. The van der Waals surface area contributed by atoms with Crippen LogP contribution in [-0.4, -0.2) is 21.0 Å². The van der Waals surface area contributed by atoms with Gasteiger partial charge in [-0.15, -0.1) is 0 Å². The Morgan fingerprint density at radius 2 is 1.82 bits per heavy atom. The summed E-state index contributed by atoms with van der Waals surface area (Å²) < 4.78 is 44.0. The molecule has 4 rings (SSSR count). The monoisotopic (exact) mass is 472 g/mol. The molecule has 0 aliphatic rings. The number of nitrogens with zero attached hydrogens (tertiary/aromatic N) is 3. The maximum Gasteiger partial charge on any atom is 0.449 e. The minimum absolute atomic E-state index is 0.117. The summed E-state index contributed by atoms with van der Waals surface area (Å²) in [6.45, 7) is 0. The van der Waals surface area contributed by atoms with Crippen LogP contribution in [-0.2, 0) is 6.18 Å². The van der Waals surface area contributed by atoms with Gasteiger partial charge in [0.25, 0.3) is 0 Å². The number of ether oxygens (including phenoxy) is 1. The number of nitrogens with one attached hydrogen (secondary N) is 3. The Morgan fingerprint density at radius 3 is 2.52 bits per heavy atom. The first-order chi connectivity index (χ1) is 15.7. The van der Waals surface area contributed by atoms with E-state index in [2.05, 4.69) is 25.6 Å². The quantitative estimate of drug-likeness (QED) is 0.340. The summed E-state index contributed by atoms with van der Waals surface area (Å²) in [5, 5.41) is 14.2. The molecule has 3 N–H and O–H groups in total. The predicted octanol–water partition coefficient (Wildman–Crippen LogP) is 5.94. The van der Waals surface area contributed by atoms with Crippen molar-refractivity contribution in [2.75, 3.05) is 10.6 Å². The summed E-state index contributed by atoms with van der Waals surface area (Å²) in [7, 11) is 0. The molecule has 0 saturated carbocycles. The number of benzene rings is 2. The fraction of sp³-hybridized carbons (Fsp3) is 0.0476. The van der Waals surface area contributed by atoms with Crippen LogP contribution in [0.25, 0.3) is 11.0 Å². The zero-order valence-corrected chi connectivity index (χ0v) is 17.1. The molecule has 2 aromatic heterocycles. The number of alkyl halides is 3. The van der Waals surface area contributed by atoms with Crippen molar-refractivity contribution in [3.63, 3.8) is 0 Å². The molecule has 33 heavy (non-hydrogen) atoms. The third kappa shape index (κ3) is 5.13. The standard InChI is InChI=1S/C21H12ClF3N6O2/c22-15-8-11(2-4-18(15)33-14-5-6-27-13(7-14)10-26)28-20(32)29-12-1-3-16-17(9-12)31-19(30-16)21(23,24)25/h1-9H,(H,30,31)(H2,28,29,32). The van der Waals surface area contributed by atoms with Crippen molar-refractivity contribution in [2.45, 2.75) is 6.18 Å². The normalized spacial score (nSPS) is 11.1. The number of anilines is 2. The Bertz CT molecular complexity index is 1400. The number of nitriles is 1. The topological polar surface area (TPSA) is 116 Å². The van der Waals surface area contributed by atoms with Gasteiger partial charge in [0.05, 0.1) is 16.1 Å². The van der Waals surface area contributed by atoms with Crippen LogP contribution in [0.5, 0.6) is 11.5 Å². The van der Waals surface area contributed by atoms with E-state index in [4.69, 9.17) is 21.6 Å². The first-order valence-corrected chi connectivity index (χ1v) is 9.57. The highest BCUT2D eigenvalue weighted by atomic mass is 35.5. The number of H-pyrrole nitrogens is 1. The zero-order chi connectivity index (χ0) is 23.6. The highest BCUT2D eigenvalue weighted by Crippen LogP contribution is 2.32. The molecule has 0 bridgehead atoms. The fourth-order valence-corrected chi connectivity index (χ4v) is 3.06. The van der Waals surface area contributed by atoms with Gasteiger partial charge in [-0.25, -0.2) is 14.8 Å². The van der Waals surface area contributed by atoms with E-state index in [-0.39, 0.29) is 27.4 Å². The number of urea groups is 1. The molecule has 166 valence electrons. The molecule has 0 unspecified atom stereocenters. The number of pyridine rings is 1. The van der Waals surface area contributed by atoms with E-state index >= 15 is 0 Å². The van der Waals surface area contributed by atoms with Gasteiger partial charge in [-0.1, -0.05) is 11.6 Å². The number of carbonyl (C=O) groups is 1. The van der Waals surface area contributed by atoms with Crippen LogP contribution in [0.4, 0.5) is 29.3 Å². The summed E-state index contributed by atoms with van der Waals surface area (Å²) in [6.07, 6.45) is -3.18. The van der Waals surface area contributed by atoms with E-state index in [0.29, 0.717) is 17.2 Å². The van der Waals surface area contributed by atoms with Gasteiger partial charge in [-0.05, 0) is 42.5 Å². The molecule has 0 spiro atoms. The lowest BCUT2D eigenvalue weighted by Crippen LogP contribution is -2.19. The minimum Gasteiger partial charge on any atom is -0.456 e. The number of hydrogen-bond acceptors (Lipinski definition) is 5. The summed E-state index contributed by atoms with van der Waals surface area (Å²) in [5.41, 5.74) is 1.03. The largest absolute Gasteiger partial charge is 0.456 e. The number of carbonyl (C=O) groups excluding carboxylic acids is 1. The van der Waals surface area contributed by atoms with E-state index in [1.807, 2.05) is 6.07 Å². The van der Waals surface area contributed by atoms with Gasteiger partial charge in [0.1, 0.15) is 23.3 Å². The molecule has 0 fully saturated rings. The van der Waals surface area contributed by atoms with Crippen LogP contribution in [0.15, 0.2) is 54.7 Å². The third-order valence-corrected chi connectivity index (χ3v) is 4.57. The lowest BCUT2D eigenvalue weighted by Gasteiger charge is -2.11. The number of imidazole rings is 1. The number of halogens is 4. The van der Waals surface area contributed by atoms with E-state index < -0.39 is 18.0 Å². The molecular weight excluding hydrogens is 461 g/mol. The SMILES string of the molecule is N#Cc1cc(Oc2ccc(NC(=O)Nc3ccc4nc(C(F)(F)F)[nH]c4c3)cc2Cl)ccn1. The molecular formula is C21H12ClF3N6O2. The number of aromatic amines is 1. The summed E-state index contributed by atoms with van der Waals surface area (Å²) in [5.74, 6) is -0.459. The van der Waals surface area contributed by atoms with Crippen molar-refractivity contribution in [2.24, 2.45) is 0 Å².